The van der Waals surface area contributed by atoms with Crippen LogP contribution in [0.5, 0.6) is 0 Å². The van der Waals surface area contributed by atoms with Crippen molar-refractivity contribution in [2.75, 3.05) is 6.54 Å². The first-order chi connectivity index (χ1) is 7.74. The standard InChI is InChI=1S/C13H24N2O/c14-10-13(8-1-2-9-13)15-12(16)7-6-11-4-3-5-11/h11H,1-10,14H2,(H,15,16). The van der Waals surface area contributed by atoms with Gasteiger partial charge in [0.05, 0.1) is 5.54 Å². The molecule has 0 spiro atoms. The lowest BCUT2D eigenvalue weighted by atomic mass is 9.82. The van der Waals surface area contributed by atoms with Crippen molar-refractivity contribution in [3.8, 4) is 0 Å². The topological polar surface area (TPSA) is 55.1 Å². The van der Waals surface area contributed by atoms with E-state index in [4.69, 9.17) is 5.73 Å². The van der Waals surface area contributed by atoms with E-state index in [1.165, 1.54) is 32.1 Å². The maximum absolute atomic E-state index is 11.8. The van der Waals surface area contributed by atoms with Crippen LogP contribution < -0.4 is 11.1 Å². The molecule has 2 rings (SSSR count). The van der Waals surface area contributed by atoms with E-state index < -0.39 is 0 Å². The van der Waals surface area contributed by atoms with Gasteiger partial charge in [0.25, 0.3) is 0 Å². The first kappa shape index (κ1) is 11.9. The van der Waals surface area contributed by atoms with Gasteiger partial charge in [0.2, 0.25) is 5.91 Å². The van der Waals surface area contributed by atoms with E-state index in [1.807, 2.05) is 0 Å². The van der Waals surface area contributed by atoms with Gasteiger partial charge in [0.1, 0.15) is 0 Å². The van der Waals surface area contributed by atoms with E-state index in [9.17, 15) is 4.79 Å². The fourth-order valence-corrected chi connectivity index (χ4v) is 2.91. The van der Waals surface area contributed by atoms with Gasteiger partial charge < -0.3 is 11.1 Å². The molecular formula is C13H24N2O. The van der Waals surface area contributed by atoms with Gasteiger partial charge >= 0.3 is 0 Å². The van der Waals surface area contributed by atoms with E-state index in [-0.39, 0.29) is 11.4 Å². The fourth-order valence-electron chi connectivity index (χ4n) is 2.91. The minimum Gasteiger partial charge on any atom is -0.349 e. The molecule has 0 heterocycles. The van der Waals surface area contributed by atoms with Crippen molar-refractivity contribution in [1.82, 2.24) is 5.32 Å². The van der Waals surface area contributed by atoms with Crippen LogP contribution in [-0.2, 0) is 4.79 Å². The Kier molecular flexibility index (Phi) is 3.85. The fraction of sp³-hybridized carbons (Fsp3) is 0.923. The van der Waals surface area contributed by atoms with Gasteiger partial charge in [-0.1, -0.05) is 32.1 Å². The van der Waals surface area contributed by atoms with Gasteiger partial charge in [-0.3, -0.25) is 4.79 Å². The van der Waals surface area contributed by atoms with E-state index in [0.717, 1.165) is 25.2 Å². The summed E-state index contributed by atoms with van der Waals surface area (Å²) in [5.41, 5.74) is 5.74. The molecule has 0 atom stereocenters. The highest BCUT2D eigenvalue weighted by molar-refractivity contribution is 5.76. The molecule has 0 bridgehead atoms. The van der Waals surface area contributed by atoms with Crippen molar-refractivity contribution in [3.05, 3.63) is 0 Å². The van der Waals surface area contributed by atoms with Crippen LogP contribution in [0.3, 0.4) is 0 Å². The molecule has 0 aromatic rings. The van der Waals surface area contributed by atoms with Gasteiger partial charge in [0.15, 0.2) is 0 Å². The molecule has 0 aromatic carbocycles. The van der Waals surface area contributed by atoms with Crippen LogP contribution in [0.25, 0.3) is 0 Å². The SMILES string of the molecule is NCC1(NC(=O)CCC2CCC2)CCCC1. The number of carbonyl (C=O) groups is 1. The highest BCUT2D eigenvalue weighted by Crippen LogP contribution is 2.31. The summed E-state index contributed by atoms with van der Waals surface area (Å²) < 4.78 is 0. The second kappa shape index (κ2) is 5.17. The molecule has 2 fully saturated rings. The van der Waals surface area contributed by atoms with Crippen molar-refractivity contribution in [2.24, 2.45) is 11.7 Å². The second-order valence-electron chi connectivity index (χ2n) is 5.58. The molecule has 0 radical (unpaired) electrons. The Labute approximate surface area is 98.2 Å². The van der Waals surface area contributed by atoms with Crippen LogP contribution in [0, 0.1) is 5.92 Å². The molecule has 3 heteroatoms. The number of rotatable bonds is 5. The van der Waals surface area contributed by atoms with Crippen molar-refractivity contribution in [2.45, 2.75) is 63.3 Å². The van der Waals surface area contributed by atoms with Gasteiger partial charge in [-0.25, -0.2) is 0 Å². The predicted octanol–water partition coefficient (Wildman–Crippen LogP) is 1.95. The third kappa shape index (κ3) is 2.76. The predicted molar refractivity (Wildman–Crippen MR) is 65.0 cm³/mol. The van der Waals surface area contributed by atoms with Crippen LogP contribution in [0.1, 0.15) is 57.8 Å². The molecule has 0 unspecified atom stereocenters. The molecular weight excluding hydrogens is 200 g/mol. The van der Waals surface area contributed by atoms with E-state index in [1.54, 1.807) is 0 Å². The average Bonchev–Trinajstić information content (AvgIpc) is 2.65. The summed E-state index contributed by atoms with van der Waals surface area (Å²) in [7, 11) is 0. The Morgan fingerprint density at radius 2 is 1.94 bits per heavy atom. The summed E-state index contributed by atoms with van der Waals surface area (Å²) in [6, 6.07) is 0. The number of nitrogens with one attached hydrogen (secondary N) is 1. The molecule has 0 aliphatic heterocycles. The minimum atomic E-state index is -0.0588. The van der Waals surface area contributed by atoms with Crippen molar-refractivity contribution < 1.29 is 4.79 Å². The highest BCUT2D eigenvalue weighted by atomic mass is 16.1. The highest BCUT2D eigenvalue weighted by Gasteiger charge is 2.33. The molecule has 92 valence electrons. The van der Waals surface area contributed by atoms with Crippen molar-refractivity contribution >= 4 is 5.91 Å². The molecule has 2 aliphatic rings. The summed E-state index contributed by atoms with van der Waals surface area (Å²) in [5.74, 6) is 1.04. The number of carbonyl (C=O) groups excluding carboxylic acids is 1. The minimum absolute atomic E-state index is 0.0588. The number of hydrogen-bond acceptors (Lipinski definition) is 2. The summed E-state index contributed by atoms with van der Waals surface area (Å²) in [5, 5.41) is 3.18. The Morgan fingerprint density at radius 3 is 2.44 bits per heavy atom. The third-order valence-electron chi connectivity index (χ3n) is 4.36. The summed E-state index contributed by atoms with van der Waals surface area (Å²) in [4.78, 5) is 11.8. The molecule has 0 saturated heterocycles. The van der Waals surface area contributed by atoms with Crippen LogP contribution in [-0.4, -0.2) is 18.0 Å². The Morgan fingerprint density at radius 1 is 1.25 bits per heavy atom. The Hall–Kier alpha value is -0.570. The zero-order chi connectivity index (χ0) is 11.4. The lowest BCUT2D eigenvalue weighted by Crippen LogP contribution is -2.51. The first-order valence-electron chi connectivity index (χ1n) is 6.75. The molecule has 0 aromatic heterocycles. The molecule has 2 aliphatic carbocycles. The summed E-state index contributed by atoms with van der Waals surface area (Å²) in [6.45, 7) is 0.599. The van der Waals surface area contributed by atoms with Crippen molar-refractivity contribution in [1.29, 1.82) is 0 Å². The summed E-state index contributed by atoms with van der Waals surface area (Å²) >= 11 is 0. The number of amides is 1. The normalized spacial score (nSPS) is 24.1. The van der Waals surface area contributed by atoms with E-state index in [0.29, 0.717) is 13.0 Å². The van der Waals surface area contributed by atoms with Crippen molar-refractivity contribution in [3.63, 3.8) is 0 Å². The smallest absolute Gasteiger partial charge is 0.220 e. The van der Waals surface area contributed by atoms with Gasteiger partial charge in [-0.05, 0) is 25.2 Å². The van der Waals surface area contributed by atoms with Crippen LogP contribution >= 0.6 is 0 Å². The van der Waals surface area contributed by atoms with Gasteiger partial charge in [0, 0.05) is 13.0 Å². The van der Waals surface area contributed by atoms with Crippen LogP contribution in [0.2, 0.25) is 0 Å². The molecule has 1 amide bonds. The number of hydrogen-bond donors (Lipinski definition) is 2. The van der Waals surface area contributed by atoms with Gasteiger partial charge in [-0.2, -0.15) is 0 Å². The first-order valence-corrected chi connectivity index (χ1v) is 6.75. The van der Waals surface area contributed by atoms with Crippen LogP contribution in [0.4, 0.5) is 0 Å². The lowest BCUT2D eigenvalue weighted by Gasteiger charge is -2.30. The monoisotopic (exact) mass is 224 g/mol. The maximum atomic E-state index is 11.8. The van der Waals surface area contributed by atoms with E-state index in [2.05, 4.69) is 5.32 Å². The quantitative estimate of drug-likeness (QED) is 0.750. The summed E-state index contributed by atoms with van der Waals surface area (Å²) in [6.07, 6.45) is 10.3. The zero-order valence-corrected chi connectivity index (χ0v) is 10.1. The second-order valence-corrected chi connectivity index (χ2v) is 5.58. The maximum Gasteiger partial charge on any atom is 0.220 e. The molecule has 3 N–H and O–H groups in total. The lowest BCUT2D eigenvalue weighted by molar-refractivity contribution is -0.123. The average molecular weight is 224 g/mol. The van der Waals surface area contributed by atoms with Gasteiger partial charge in [-0.15, -0.1) is 0 Å². The Balaban J connectivity index is 1.72. The molecule has 2 saturated carbocycles. The van der Waals surface area contributed by atoms with E-state index >= 15 is 0 Å². The Bertz CT molecular complexity index is 242. The largest absolute Gasteiger partial charge is 0.349 e. The van der Waals surface area contributed by atoms with Crippen LogP contribution in [0.15, 0.2) is 0 Å². The number of nitrogens with two attached hydrogens (primary N) is 1. The molecule has 3 nitrogen and oxygen atoms in total. The zero-order valence-electron chi connectivity index (χ0n) is 10.1. The third-order valence-corrected chi connectivity index (χ3v) is 4.36. The molecule has 16 heavy (non-hydrogen) atoms.